The zero-order valence-corrected chi connectivity index (χ0v) is 24.1. The van der Waals surface area contributed by atoms with Gasteiger partial charge in [-0.1, -0.05) is 102 Å². The first kappa shape index (κ1) is 28.1. The van der Waals surface area contributed by atoms with Gasteiger partial charge in [-0.15, -0.1) is 0 Å². The number of rotatable bonds is 8. The van der Waals surface area contributed by atoms with E-state index in [0.717, 1.165) is 16.7 Å². The van der Waals surface area contributed by atoms with E-state index in [0.29, 0.717) is 31.9 Å². The molecule has 214 valence electrons. The number of aromatic nitrogens is 1. The lowest BCUT2D eigenvalue weighted by Gasteiger charge is -2.25. The monoisotopic (exact) mass is 590 g/mol. The predicted molar refractivity (Wildman–Crippen MR) is 165 cm³/mol. The highest BCUT2D eigenvalue weighted by Crippen LogP contribution is 2.35. The molecule has 0 aliphatic carbocycles. The minimum absolute atomic E-state index is 0.0777. The van der Waals surface area contributed by atoms with Crippen LogP contribution in [0, 0.1) is 5.82 Å². The molecule has 2 heterocycles. The standard InChI is InChI=1S/C35H27FN2O4S/c1-2-41-34(40)30-31(24-13-5-3-6-14-24)37-35-38(32(30)25-15-7-4-8-16-25)33(39)29(43-35)21-23-12-11-18-27(20-23)42-22-26-17-9-10-19-28(26)36/h3-21,32H,2,22H2,1H3/b29-21-/t32-/m1/s1. The van der Waals surface area contributed by atoms with Crippen molar-refractivity contribution in [3.63, 3.8) is 0 Å². The van der Waals surface area contributed by atoms with Crippen molar-refractivity contribution in [2.45, 2.75) is 19.6 Å². The Bertz CT molecular complexity index is 2000. The van der Waals surface area contributed by atoms with E-state index in [-0.39, 0.29) is 24.6 Å². The third-order valence-corrected chi connectivity index (χ3v) is 7.98. The molecule has 4 aromatic carbocycles. The molecule has 6 rings (SSSR count). The van der Waals surface area contributed by atoms with Crippen LogP contribution in [0.3, 0.4) is 0 Å². The molecule has 43 heavy (non-hydrogen) atoms. The number of hydrogen-bond donors (Lipinski definition) is 0. The minimum Gasteiger partial charge on any atom is -0.489 e. The molecular weight excluding hydrogens is 563 g/mol. The van der Waals surface area contributed by atoms with Gasteiger partial charge in [0.25, 0.3) is 5.56 Å². The second-order valence-corrected chi connectivity index (χ2v) is 10.8. The first-order valence-electron chi connectivity index (χ1n) is 13.8. The number of halogens is 1. The summed E-state index contributed by atoms with van der Waals surface area (Å²) in [4.78, 5) is 32.9. The molecule has 8 heteroatoms. The molecule has 0 N–H and O–H groups in total. The van der Waals surface area contributed by atoms with Crippen molar-refractivity contribution >= 4 is 29.1 Å². The van der Waals surface area contributed by atoms with Gasteiger partial charge in [-0.3, -0.25) is 9.36 Å². The number of benzene rings is 4. The van der Waals surface area contributed by atoms with Gasteiger partial charge >= 0.3 is 5.97 Å². The number of hydrogen-bond acceptors (Lipinski definition) is 6. The van der Waals surface area contributed by atoms with Crippen LogP contribution in [0.2, 0.25) is 0 Å². The van der Waals surface area contributed by atoms with Gasteiger partial charge in [0.1, 0.15) is 18.2 Å². The van der Waals surface area contributed by atoms with Crippen LogP contribution in [0.25, 0.3) is 11.8 Å². The molecule has 0 saturated heterocycles. The van der Waals surface area contributed by atoms with Crippen LogP contribution in [0.15, 0.2) is 125 Å². The molecule has 5 aromatic rings. The van der Waals surface area contributed by atoms with E-state index in [9.17, 15) is 14.0 Å². The Hall–Kier alpha value is -5.08. The van der Waals surface area contributed by atoms with Crippen molar-refractivity contribution in [3.8, 4) is 5.75 Å². The Morgan fingerprint density at radius 1 is 0.953 bits per heavy atom. The molecule has 0 amide bonds. The highest BCUT2D eigenvalue weighted by atomic mass is 32.1. The van der Waals surface area contributed by atoms with E-state index in [2.05, 4.69) is 0 Å². The van der Waals surface area contributed by atoms with Crippen LogP contribution in [0.1, 0.15) is 35.2 Å². The topological polar surface area (TPSA) is 69.9 Å². The van der Waals surface area contributed by atoms with Crippen molar-refractivity contribution in [1.29, 1.82) is 0 Å². The molecule has 0 spiro atoms. The lowest BCUT2D eigenvalue weighted by Crippen LogP contribution is -2.39. The molecule has 1 aliphatic rings. The van der Waals surface area contributed by atoms with Crippen LogP contribution in [-0.4, -0.2) is 17.1 Å². The number of carbonyl (C=O) groups excluding carboxylic acids is 1. The van der Waals surface area contributed by atoms with Crippen molar-refractivity contribution in [1.82, 2.24) is 4.57 Å². The third kappa shape index (κ3) is 5.82. The van der Waals surface area contributed by atoms with Crippen LogP contribution in [0.5, 0.6) is 5.75 Å². The SMILES string of the molecule is CCOC(=O)C1=C(c2ccccc2)N=c2s/c(=C\c3cccc(OCc4ccccc4F)c3)c(=O)n2[C@@H]1c1ccccc1. The van der Waals surface area contributed by atoms with E-state index in [4.69, 9.17) is 14.5 Å². The molecule has 0 saturated carbocycles. The molecule has 1 atom stereocenters. The molecule has 1 aliphatic heterocycles. The highest BCUT2D eigenvalue weighted by Gasteiger charge is 2.35. The lowest BCUT2D eigenvalue weighted by molar-refractivity contribution is -0.138. The maximum Gasteiger partial charge on any atom is 0.338 e. The number of carbonyl (C=O) groups is 1. The van der Waals surface area contributed by atoms with E-state index in [1.807, 2.05) is 72.8 Å². The zero-order valence-electron chi connectivity index (χ0n) is 23.3. The van der Waals surface area contributed by atoms with Gasteiger partial charge in [-0.2, -0.15) is 0 Å². The summed E-state index contributed by atoms with van der Waals surface area (Å²) in [5, 5.41) is 0. The second-order valence-electron chi connectivity index (χ2n) is 9.79. The second kappa shape index (κ2) is 12.4. The maximum atomic E-state index is 14.1. The summed E-state index contributed by atoms with van der Waals surface area (Å²) in [5.41, 5.74) is 3.22. The Kier molecular flexibility index (Phi) is 8.11. The first-order chi connectivity index (χ1) is 21.0. The lowest BCUT2D eigenvalue weighted by atomic mass is 9.93. The third-order valence-electron chi connectivity index (χ3n) is 7.00. The Labute approximate surface area is 251 Å². The number of ether oxygens (including phenoxy) is 2. The summed E-state index contributed by atoms with van der Waals surface area (Å²) in [6.07, 6.45) is 1.78. The molecular formula is C35H27FN2O4S. The van der Waals surface area contributed by atoms with Gasteiger partial charge < -0.3 is 9.47 Å². The fraction of sp³-hybridized carbons (Fsp3) is 0.114. The van der Waals surface area contributed by atoms with Crippen LogP contribution in [0.4, 0.5) is 4.39 Å². The Morgan fingerprint density at radius 2 is 1.67 bits per heavy atom. The first-order valence-corrected chi connectivity index (χ1v) is 14.6. The van der Waals surface area contributed by atoms with Gasteiger partial charge in [-0.25, -0.2) is 14.2 Å². The van der Waals surface area contributed by atoms with Crippen LogP contribution in [-0.2, 0) is 16.1 Å². The van der Waals surface area contributed by atoms with Gasteiger partial charge in [0.2, 0.25) is 0 Å². The average molecular weight is 591 g/mol. The van der Waals surface area contributed by atoms with Crippen molar-refractivity contribution in [2.24, 2.45) is 4.99 Å². The van der Waals surface area contributed by atoms with Crippen LogP contribution < -0.4 is 19.6 Å². The van der Waals surface area contributed by atoms with Gasteiger partial charge in [-0.05, 0) is 42.3 Å². The summed E-state index contributed by atoms with van der Waals surface area (Å²) in [5.74, 6) is -0.305. The van der Waals surface area contributed by atoms with Crippen LogP contribution >= 0.6 is 11.3 Å². The van der Waals surface area contributed by atoms with E-state index in [1.165, 1.54) is 17.4 Å². The van der Waals surface area contributed by atoms with E-state index >= 15 is 0 Å². The average Bonchev–Trinajstić information content (AvgIpc) is 3.35. The fourth-order valence-electron chi connectivity index (χ4n) is 5.01. The summed E-state index contributed by atoms with van der Waals surface area (Å²) in [6.45, 7) is 2.02. The summed E-state index contributed by atoms with van der Waals surface area (Å²) in [6, 6.07) is 31.9. The summed E-state index contributed by atoms with van der Waals surface area (Å²) >= 11 is 1.25. The Balaban J connectivity index is 1.47. The molecule has 1 aromatic heterocycles. The fourth-order valence-corrected chi connectivity index (χ4v) is 6.01. The smallest absolute Gasteiger partial charge is 0.338 e. The Morgan fingerprint density at radius 3 is 2.42 bits per heavy atom. The van der Waals surface area contributed by atoms with Crippen molar-refractivity contribution in [3.05, 3.63) is 163 Å². The van der Waals surface area contributed by atoms with Crippen molar-refractivity contribution in [2.75, 3.05) is 6.61 Å². The largest absolute Gasteiger partial charge is 0.489 e. The van der Waals surface area contributed by atoms with E-state index in [1.54, 1.807) is 47.9 Å². The number of thiazole rings is 1. The molecule has 0 radical (unpaired) electrons. The minimum atomic E-state index is -0.732. The summed E-state index contributed by atoms with van der Waals surface area (Å²) < 4.78 is 27.4. The van der Waals surface area contributed by atoms with Gasteiger partial charge in [0, 0.05) is 11.1 Å². The zero-order chi connectivity index (χ0) is 29.8. The van der Waals surface area contributed by atoms with Crippen molar-refractivity contribution < 1.29 is 18.7 Å². The van der Waals surface area contributed by atoms with Gasteiger partial charge in [0.05, 0.1) is 28.5 Å². The highest BCUT2D eigenvalue weighted by molar-refractivity contribution is 7.07. The molecule has 6 nitrogen and oxygen atoms in total. The maximum absolute atomic E-state index is 14.1. The summed E-state index contributed by atoms with van der Waals surface area (Å²) in [7, 11) is 0. The molecule has 0 unspecified atom stereocenters. The van der Waals surface area contributed by atoms with Gasteiger partial charge in [0.15, 0.2) is 4.80 Å². The molecule has 0 bridgehead atoms. The molecule has 0 fully saturated rings. The normalized spacial score (nSPS) is 14.7. The quantitative estimate of drug-likeness (QED) is 0.219. The number of esters is 1. The number of nitrogens with zero attached hydrogens (tertiary/aromatic N) is 2. The predicted octanol–water partition coefficient (Wildman–Crippen LogP) is 5.65. The number of fused-ring (bicyclic) bond motifs is 1. The van der Waals surface area contributed by atoms with E-state index < -0.39 is 12.0 Å².